The van der Waals surface area contributed by atoms with E-state index >= 15 is 0 Å². The lowest BCUT2D eigenvalue weighted by atomic mass is 9.65. The third-order valence-electron chi connectivity index (χ3n) is 7.52. The summed E-state index contributed by atoms with van der Waals surface area (Å²) in [4.78, 5) is 0. The van der Waals surface area contributed by atoms with Gasteiger partial charge in [-0.05, 0) is 24.5 Å². The predicted octanol–water partition coefficient (Wildman–Crippen LogP) is 2.84. The number of ether oxygens (including phenoxy) is 7. The smallest absolute Gasteiger partial charge is 0.147 e. The molecule has 4 rings (SSSR count). The van der Waals surface area contributed by atoms with Crippen molar-refractivity contribution in [2.45, 2.75) is 81.1 Å². The Morgan fingerprint density at radius 3 is 2.55 bits per heavy atom. The van der Waals surface area contributed by atoms with Gasteiger partial charge in [0.2, 0.25) is 0 Å². The van der Waals surface area contributed by atoms with Gasteiger partial charge in [0, 0.05) is 35.3 Å². The Bertz CT molecular complexity index is 736. The molecule has 2 spiro atoms. The number of methoxy groups -OCH3 is 2. The number of allylic oxidation sites excluding steroid dienone is 2. The van der Waals surface area contributed by atoms with Gasteiger partial charge in [-0.2, -0.15) is 0 Å². The Hall–Kier alpha value is -0.623. The van der Waals surface area contributed by atoms with Crippen LogP contribution in [0.4, 0.5) is 0 Å². The monoisotopic (exact) mass is 484 g/mol. The van der Waals surface area contributed by atoms with Crippen molar-refractivity contribution in [3.63, 3.8) is 0 Å². The van der Waals surface area contributed by atoms with Crippen LogP contribution in [0.5, 0.6) is 0 Å². The molecule has 1 heterocycles. The van der Waals surface area contributed by atoms with Crippen LogP contribution in [0.2, 0.25) is 25.7 Å². The lowest BCUT2D eigenvalue weighted by Crippen LogP contribution is -2.60. The van der Waals surface area contributed by atoms with E-state index in [2.05, 4.69) is 19.6 Å². The molecular formula is C24H40O8Si. The Morgan fingerprint density at radius 2 is 1.85 bits per heavy atom. The normalized spacial score (nSPS) is 39.5. The van der Waals surface area contributed by atoms with Crippen LogP contribution in [0.15, 0.2) is 23.8 Å². The Morgan fingerprint density at radius 1 is 1.09 bits per heavy atom. The van der Waals surface area contributed by atoms with Crippen LogP contribution in [-0.4, -0.2) is 90.5 Å². The van der Waals surface area contributed by atoms with Crippen LogP contribution in [0.25, 0.3) is 0 Å². The third-order valence-corrected chi connectivity index (χ3v) is 9.22. The lowest BCUT2D eigenvalue weighted by Gasteiger charge is -2.45. The van der Waals surface area contributed by atoms with Crippen LogP contribution in [0, 0.1) is 5.41 Å². The molecule has 1 N–H and O–H groups in total. The van der Waals surface area contributed by atoms with Gasteiger partial charge in [0.15, 0.2) is 0 Å². The summed E-state index contributed by atoms with van der Waals surface area (Å²) in [6.45, 7) is 8.10. The van der Waals surface area contributed by atoms with Crippen molar-refractivity contribution in [1.82, 2.24) is 0 Å². The van der Waals surface area contributed by atoms with Gasteiger partial charge in [-0.25, -0.2) is 0 Å². The second-order valence-electron chi connectivity index (χ2n) is 10.7. The molecule has 9 heteroatoms. The summed E-state index contributed by atoms with van der Waals surface area (Å²) in [6.07, 6.45) is 6.10. The number of fused-ring (bicyclic) bond motifs is 1. The van der Waals surface area contributed by atoms with E-state index in [0.717, 1.165) is 24.5 Å². The molecule has 3 aliphatic carbocycles. The maximum Gasteiger partial charge on any atom is 0.147 e. The Balaban J connectivity index is 1.64. The van der Waals surface area contributed by atoms with Gasteiger partial charge < -0.3 is 38.3 Å². The largest absolute Gasteiger partial charge is 0.388 e. The lowest BCUT2D eigenvalue weighted by molar-refractivity contribution is -0.210. The summed E-state index contributed by atoms with van der Waals surface area (Å²) in [6, 6.07) is 1.08. The molecular weight excluding hydrogens is 444 g/mol. The molecule has 0 unspecified atom stereocenters. The quantitative estimate of drug-likeness (QED) is 0.196. The fourth-order valence-electron chi connectivity index (χ4n) is 5.98. The standard InChI is InChI=1S/C24H40O8Si/c1-26-14-29-18-13-17-7-6-8-19(25)23(21(17)31-16-28-11-12-33(3,4)5)10-9-20-24(23,32-20)22(18)30-15-27-2/h6-8,18-22,25H,9-16H2,1-5H3/t18-,19-,20+,21-,22-,23+,24-/m1/s1. The van der Waals surface area contributed by atoms with Crippen LogP contribution in [-0.2, 0) is 33.2 Å². The minimum absolute atomic E-state index is 0.0209. The zero-order valence-electron chi connectivity index (χ0n) is 20.6. The van der Waals surface area contributed by atoms with Gasteiger partial charge in [0.05, 0.1) is 29.8 Å². The SMILES string of the molecule is COCO[C@@H]1[C@H](OCOC)CC2=CC=C[C@@H](O)[C@@]3(CC[C@@H]4O[C@]413)[C@@H]2OCOCC[Si](C)(C)C. The fourth-order valence-corrected chi connectivity index (χ4v) is 6.74. The maximum atomic E-state index is 11.5. The third kappa shape index (κ3) is 4.64. The molecule has 1 saturated heterocycles. The van der Waals surface area contributed by atoms with E-state index in [1.807, 2.05) is 18.2 Å². The summed E-state index contributed by atoms with van der Waals surface area (Å²) < 4.78 is 41.6. The zero-order chi connectivity index (χ0) is 23.7. The summed E-state index contributed by atoms with van der Waals surface area (Å²) in [5.74, 6) is 0. The van der Waals surface area contributed by atoms with Gasteiger partial charge in [0.25, 0.3) is 0 Å². The average molecular weight is 485 g/mol. The number of aliphatic hydroxyl groups is 1. The van der Waals surface area contributed by atoms with Gasteiger partial charge in [-0.3, -0.25) is 0 Å². The number of hydrogen-bond donors (Lipinski definition) is 1. The molecule has 4 aliphatic rings. The maximum absolute atomic E-state index is 11.5. The van der Waals surface area contributed by atoms with Gasteiger partial charge >= 0.3 is 0 Å². The Labute approximate surface area is 198 Å². The molecule has 2 bridgehead atoms. The number of epoxide rings is 1. The van der Waals surface area contributed by atoms with Crippen LogP contribution >= 0.6 is 0 Å². The minimum Gasteiger partial charge on any atom is -0.388 e. The van der Waals surface area contributed by atoms with Gasteiger partial charge in [-0.1, -0.05) is 37.9 Å². The summed E-state index contributed by atoms with van der Waals surface area (Å²) in [5, 5.41) is 11.5. The van der Waals surface area contributed by atoms with Crippen molar-refractivity contribution in [3.05, 3.63) is 23.8 Å². The molecule has 8 nitrogen and oxygen atoms in total. The van der Waals surface area contributed by atoms with E-state index in [-0.39, 0.29) is 38.7 Å². The van der Waals surface area contributed by atoms with Crippen LogP contribution in [0.1, 0.15) is 19.3 Å². The van der Waals surface area contributed by atoms with E-state index in [0.29, 0.717) is 13.0 Å². The number of rotatable bonds is 12. The van der Waals surface area contributed by atoms with E-state index in [9.17, 15) is 5.11 Å². The average Bonchev–Trinajstić information content (AvgIpc) is 3.44. The predicted molar refractivity (Wildman–Crippen MR) is 124 cm³/mol. The summed E-state index contributed by atoms with van der Waals surface area (Å²) in [5.41, 5.74) is -0.365. The van der Waals surface area contributed by atoms with E-state index in [1.54, 1.807) is 14.2 Å². The minimum atomic E-state index is -1.19. The van der Waals surface area contributed by atoms with Crippen molar-refractivity contribution in [3.8, 4) is 0 Å². The van der Waals surface area contributed by atoms with Gasteiger partial charge in [-0.15, -0.1) is 0 Å². The highest BCUT2D eigenvalue weighted by atomic mass is 28.3. The van der Waals surface area contributed by atoms with Crippen LogP contribution in [0.3, 0.4) is 0 Å². The summed E-state index contributed by atoms with van der Waals surface area (Å²) >= 11 is 0. The fraction of sp³-hybridized carbons (Fsp3) is 0.833. The first-order chi connectivity index (χ1) is 15.8. The molecule has 0 aromatic heterocycles. The molecule has 7 atom stereocenters. The molecule has 3 fully saturated rings. The van der Waals surface area contributed by atoms with Crippen molar-refractivity contribution in [1.29, 1.82) is 0 Å². The molecule has 2 saturated carbocycles. The highest BCUT2D eigenvalue weighted by Gasteiger charge is 2.82. The first-order valence-corrected chi connectivity index (χ1v) is 15.6. The van der Waals surface area contributed by atoms with Crippen molar-refractivity contribution in [2.24, 2.45) is 5.41 Å². The Kier molecular flexibility index (Phi) is 7.84. The number of hydrogen-bond acceptors (Lipinski definition) is 8. The van der Waals surface area contributed by atoms with Crippen molar-refractivity contribution >= 4 is 8.07 Å². The van der Waals surface area contributed by atoms with Crippen molar-refractivity contribution < 1.29 is 38.3 Å². The highest BCUT2D eigenvalue weighted by Crippen LogP contribution is 2.70. The molecule has 33 heavy (non-hydrogen) atoms. The van der Waals surface area contributed by atoms with E-state index in [1.165, 1.54) is 0 Å². The van der Waals surface area contributed by atoms with Crippen molar-refractivity contribution in [2.75, 3.05) is 41.2 Å². The molecule has 0 amide bonds. The zero-order valence-corrected chi connectivity index (χ0v) is 21.6. The van der Waals surface area contributed by atoms with E-state index in [4.69, 9.17) is 33.2 Å². The van der Waals surface area contributed by atoms with Gasteiger partial charge in [0.1, 0.15) is 32.1 Å². The second kappa shape index (κ2) is 10.2. The van der Waals surface area contributed by atoms with E-state index < -0.39 is 31.3 Å². The van der Waals surface area contributed by atoms with Crippen LogP contribution < -0.4 is 0 Å². The molecule has 1 aliphatic heterocycles. The first kappa shape index (κ1) is 25.5. The molecule has 0 aromatic rings. The first-order valence-electron chi connectivity index (χ1n) is 11.9. The number of aliphatic hydroxyl groups excluding tert-OH is 1. The summed E-state index contributed by atoms with van der Waals surface area (Å²) in [7, 11) is 2.02. The molecule has 0 aromatic carbocycles. The highest BCUT2D eigenvalue weighted by molar-refractivity contribution is 6.76. The topological polar surface area (TPSA) is 88.1 Å². The molecule has 0 radical (unpaired) electrons. The molecule has 188 valence electrons. The second-order valence-corrected chi connectivity index (χ2v) is 16.4.